The molecule has 9 nitrogen and oxygen atoms in total. The minimum atomic E-state index is -0.551. The number of rotatable bonds is 8. The minimum absolute atomic E-state index is 0.188. The van der Waals surface area contributed by atoms with E-state index in [9.17, 15) is 5.11 Å². The second-order valence-electron chi connectivity index (χ2n) is 6.43. The molecule has 2 heterocycles. The molecule has 3 rings (SSSR count). The van der Waals surface area contributed by atoms with Crippen LogP contribution in [0.25, 0.3) is 0 Å². The van der Waals surface area contributed by atoms with Crippen LogP contribution >= 0.6 is 0 Å². The molecule has 9 heteroatoms. The molecule has 0 aliphatic carbocycles. The largest absolute Gasteiger partial charge is 0.489 e. The second-order valence-corrected chi connectivity index (χ2v) is 6.43. The van der Waals surface area contributed by atoms with Gasteiger partial charge in [-0.1, -0.05) is 0 Å². The number of amidine groups is 1. The fourth-order valence-electron chi connectivity index (χ4n) is 2.54. The van der Waals surface area contributed by atoms with Crippen LogP contribution in [0.4, 0.5) is 11.5 Å². The first-order chi connectivity index (χ1) is 13.9. The smallest absolute Gasteiger partial charge is 0.219 e. The molecular weight excluding hydrogens is 372 g/mol. The van der Waals surface area contributed by atoms with Gasteiger partial charge in [0.15, 0.2) is 5.82 Å². The lowest BCUT2D eigenvalue weighted by Crippen LogP contribution is -2.14. The summed E-state index contributed by atoms with van der Waals surface area (Å²) in [6, 6.07) is 10.6. The van der Waals surface area contributed by atoms with Crippen molar-refractivity contribution in [1.82, 2.24) is 14.8 Å². The minimum Gasteiger partial charge on any atom is -0.489 e. The van der Waals surface area contributed by atoms with E-state index >= 15 is 0 Å². The van der Waals surface area contributed by atoms with Gasteiger partial charge in [0, 0.05) is 43.7 Å². The number of pyridine rings is 1. The Morgan fingerprint density at radius 3 is 2.66 bits per heavy atom. The molecule has 0 aliphatic heterocycles. The molecule has 1 atom stereocenters. The quantitative estimate of drug-likeness (QED) is 0.342. The number of aliphatic hydroxyl groups excluding tert-OH is 1. The molecule has 29 heavy (non-hydrogen) atoms. The summed E-state index contributed by atoms with van der Waals surface area (Å²) in [5, 5.41) is 28.0. The van der Waals surface area contributed by atoms with Gasteiger partial charge in [-0.25, -0.2) is 4.98 Å². The van der Waals surface area contributed by atoms with Gasteiger partial charge in [0.1, 0.15) is 23.9 Å². The van der Waals surface area contributed by atoms with Gasteiger partial charge in [0.2, 0.25) is 5.88 Å². The number of nitrogens with one attached hydrogen (secondary N) is 3. The predicted molar refractivity (Wildman–Crippen MR) is 111 cm³/mol. The van der Waals surface area contributed by atoms with E-state index in [1.807, 2.05) is 13.1 Å². The van der Waals surface area contributed by atoms with Crippen LogP contribution in [-0.2, 0) is 7.05 Å². The number of aromatic nitrogens is 3. The topological polar surface area (TPSA) is 117 Å². The summed E-state index contributed by atoms with van der Waals surface area (Å²) in [4.78, 5) is 4.21. The van der Waals surface area contributed by atoms with Crippen molar-refractivity contribution < 1.29 is 14.6 Å². The Balaban J connectivity index is 1.73. The van der Waals surface area contributed by atoms with Crippen LogP contribution in [0.5, 0.6) is 17.4 Å². The van der Waals surface area contributed by atoms with Crippen molar-refractivity contribution in [3.8, 4) is 17.4 Å². The Kier molecular flexibility index (Phi) is 6.30. The Morgan fingerprint density at radius 2 is 2.03 bits per heavy atom. The highest BCUT2D eigenvalue weighted by Gasteiger charge is 2.12. The first-order valence-corrected chi connectivity index (χ1v) is 9.07. The molecule has 3 aromatic rings. The van der Waals surface area contributed by atoms with Gasteiger partial charge >= 0.3 is 0 Å². The lowest BCUT2D eigenvalue weighted by Gasteiger charge is -2.13. The van der Waals surface area contributed by atoms with E-state index < -0.39 is 6.10 Å². The van der Waals surface area contributed by atoms with Gasteiger partial charge in [0.25, 0.3) is 0 Å². The maximum atomic E-state index is 9.27. The summed E-state index contributed by atoms with van der Waals surface area (Å²) < 4.78 is 12.9. The van der Waals surface area contributed by atoms with E-state index in [0.29, 0.717) is 28.8 Å². The molecule has 0 amide bonds. The molecule has 0 aliphatic rings. The summed E-state index contributed by atoms with van der Waals surface area (Å²) in [7, 11) is 3.61. The molecule has 0 radical (unpaired) electrons. The lowest BCUT2D eigenvalue weighted by molar-refractivity contribution is 0.122. The summed E-state index contributed by atoms with van der Waals surface area (Å²) in [5.74, 6) is 2.25. The Hall–Kier alpha value is -3.59. The Morgan fingerprint density at radius 1 is 1.24 bits per heavy atom. The highest BCUT2D eigenvalue weighted by molar-refractivity contribution is 6.09. The van der Waals surface area contributed by atoms with Crippen molar-refractivity contribution in [3.63, 3.8) is 0 Å². The number of aryl methyl sites for hydroxylation is 1. The van der Waals surface area contributed by atoms with E-state index in [1.54, 1.807) is 55.2 Å². The third-order valence-electron chi connectivity index (χ3n) is 3.92. The normalized spacial score (nSPS) is 11.6. The highest BCUT2D eigenvalue weighted by Crippen LogP contribution is 2.27. The third kappa shape index (κ3) is 5.45. The predicted octanol–water partition coefficient (Wildman–Crippen LogP) is 2.85. The molecule has 0 bridgehead atoms. The van der Waals surface area contributed by atoms with E-state index in [1.165, 1.54) is 6.20 Å². The Bertz CT molecular complexity index is 969. The summed E-state index contributed by atoms with van der Waals surface area (Å²) in [6.45, 7) is 1.85. The Labute approximate surface area is 168 Å². The van der Waals surface area contributed by atoms with Gasteiger partial charge in [-0.2, -0.15) is 5.10 Å². The number of ether oxygens (including phenoxy) is 2. The zero-order chi connectivity index (χ0) is 20.8. The highest BCUT2D eigenvalue weighted by atomic mass is 16.5. The van der Waals surface area contributed by atoms with Crippen molar-refractivity contribution in [2.24, 2.45) is 7.05 Å². The van der Waals surface area contributed by atoms with Crippen LogP contribution in [0.15, 0.2) is 48.8 Å². The average Bonchev–Trinajstić information content (AvgIpc) is 3.12. The standard InChI is InChI=1S/C20H24N6O3/c1-13(27)12-28-15-5-7-19(23-11-15)29-14-4-6-17(22-2)16(10-14)20(21)24-18-8-9-26(3)25-18/h4-11,13,22,27H,12H2,1-3H3,(H2,21,24,25)/t13-/m0/s1. The molecular formula is C20H24N6O3. The van der Waals surface area contributed by atoms with Crippen LogP contribution in [-0.4, -0.2) is 45.5 Å². The van der Waals surface area contributed by atoms with Gasteiger partial charge in [-0.3, -0.25) is 10.1 Å². The lowest BCUT2D eigenvalue weighted by atomic mass is 10.1. The van der Waals surface area contributed by atoms with Crippen molar-refractivity contribution >= 4 is 17.3 Å². The first kappa shape index (κ1) is 20.2. The summed E-state index contributed by atoms with van der Waals surface area (Å²) >= 11 is 0. The van der Waals surface area contributed by atoms with Gasteiger partial charge < -0.3 is 25.2 Å². The fraction of sp³-hybridized carbons (Fsp3) is 0.250. The van der Waals surface area contributed by atoms with Crippen LogP contribution in [0, 0.1) is 5.41 Å². The number of nitrogens with zero attached hydrogens (tertiary/aromatic N) is 3. The molecule has 0 saturated carbocycles. The maximum absolute atomic E-state index is 9.27. The van der Waals surface area contributed by atoms with E-state index in [-0.39, 0.29) is 12.4 Å². The summed E-state index contributed by atoms with van der Waals surface area (Å²) in [5.41, 5.74) is 1.41. The fourth-order valence-corrected chi connectivity index (χ4v) is 2.54. The number of aliphatic hydroxyl groups is 1. The van der Waals surface area contributed by atoms with Gasteiger partial charge in [-0.05, 0) is 31.2 Å². The molecule has 0 fully saturated rings. The van der Waals surface area contributed by atoms with Crippen LogP contribution in [0.1, 0.15) is 12.5 Å². The van der Waals surface area contributed by atoms with Crippen LogP contribution in [0.3, 0.4) is 0 Å². The monoisotopic (exact) mass is 396 g/mol. The average molecular weight is 396 g/mol. The van der Waals surface area contributed by atoms with Crippen molar-refractivity contribution in [2.75, 3.05) is 24.3 Å². The van der Waals surface area contributed by atoms with Crippen LogP contribution < -0.4 is 20.1 Å². The summed E-state index contributed by atoms with van der Waals surface area (Å²) in [6.07, 6.45) is 2.78. The number of benzene rings is 1. The maximum Gasteiger partial charge on any atom is 0.219 e. The molecule has 1 aromatic carbocycles. The molecule has 4 N–H and O–H groups in total. The molecule has 0 saturated heterocycles. The zero-order valence-electron chi connectivity index (χ0n) is 16.5. The molecule has 2 aromatic heterocycles. The van der Waals surface area contributed by atoms with Gasteiger partial charge in [-0.15, -0.1) is 0 Å². The first-order valence-electron chi connectivity index (χ1n) is 9.07. The number of anilines is 2. The SMILES string of the molecule is CNc1ccc(Oc2ccc(OC[C@H](C)O)cn2)cc1C(=N)Nc1ccn(C)n1. The van der Waals surface area contributed by atoms with E-state index in [0.717, 1.165) is 5.69 Å². The number of hydrogen-bond acceptors (Lipinski definition) is 7. The molecule has 152 valence electrons. The van der Waals surface area contributed by atoms with Crippen molar-refractivity contribution in [1.29, 1.82) is 5.41 Å². The third-order valence-corrected chi connectivity index (χ3v) is 3.92. The van der Waals surface area contributed by atoms with E-state index in [4.69, 9.17) is 14.9 Å². The second kappa shape index (κ2) is 9.07. The van der Waals surface area contributed by atoms with Crippen molar-refractivity contribution in [2.45, 2.75) is 13.0 Å². The molecule has 0 unspecified atom stereocenters. The van der Waals surface area contributed by atoms with Crippen LogP contribution in [0.2, 0.25) is 0 Å². The molecule has 0 spiro atoms. The number of hydrogen-bond donors (Lipinski definition) is 4. The zero-order valence-corrected chi connectivity index (χ0v) is 16.5. The van der Waals surface area contributed by atoms with Crippen molar-refractivity contribution in [3.05, 3.63) is 54.4 Å². The van der Waals surface area contributed by atoms with E-state index in [2.05, 4.69) is 20.7 Å². The van der Waals surface area contributed by atoms with Gasteiger partial charge in [0.05, 0.1) is 12.3 Å².